The maximum atomic E-state index is 12.7. The molecular weight excluding hydrogens is 209 g/mol. The van der Waals surface area contributed by atoms with Crippen LogP contribution in [0.25, 0.3) is 11.4 Å². The Morgan fingerprint density at radius 1 is 1.31 bits per heavy atom. The maximum absolute atomic E-state index is 12.7. The summed E-state index contributed by atoms with van der Waals surface area (Å²) >= 11 is 0. The second-order valence-corrected chi connectivity index (χ2v) is 3.27. The highest BCUT2D eigenvalue weighted by molar-refractivity contribution is 5.59. The molecule has 0 aliphatic rings. The van der Waals surface area contributed by atoms with Gasteiger partial charge in [-0.15, -0.1) is 10.2 Å². The second-order valence-electron chi connectivity index (χ2n) is 3.27. The highest BCUT2D eigenvalue weighted by Crippen LogP contribution is 2.19. The summed E-state index contributed by atoms with van der Waals surface area (Å²) in [7, 11) is 0. The SMILES string of the molecule is Cc1cc(NN)nnc1-c1ccc(F)cn1. The van der Waals surface area contributed by atoms with Crippen molar-refractivity contribution in [2.75, 3.05) is 5.43 Å². The average molecular weight is 219 g/mol. The summed E-state index contributed by atoms with van der Waals surface area (Å²) in [5.41, 5.74) is 4.45. The monoisotopic (exact) mass is 219 g/mol. The third kappa shape index (κ3) is 1.96. The average Bonchev–Trinajstić information content (AvgIpc) is 2.30. The molecule has 0 radical (unpaired) electrons. The van der Waals surface area contributed by atoms with Gasteiger partial charge in [-0.3, -0.25) is 4.98 Å². The topological polar surface area (TPSA) is 76.7 Å². The van der Waals surface area contributed by atoms with Gasteiger partial charge in [0.05, 0.1) is 11.9 Å². The van der Waals surface area contributed by atoms with Crippen LogP contribution in [0.15, 0.2) is 24.4 Å². The van der Waals surface area contributed by atoms with E-state index >= 15 is 0 Å². The number of nitrogens with zero attached hydrogens (tertiary/aromatic N) is 3. The predicted molar refractivity (Wildman–Crippen MR) is 57.8 cm³/mol. The van der Waals surface area contributed by atoms with E-state index in [0.29, 0.717) is 17.2 Å². The van der Waals surface area contributed by atoms with Gasteiger partial charge in [-0.25, -0.2) is 10.2 Å². The van der Waals surface area contributed by atoms with Crippen LogP contribution >= 0.6 is 0 Å². The first-order valence-corrected chi connectivity index (χ1v) is 4.63. The van der Waals surface area contributed by atoms with Crippen molar-refractivity contribution in [3.63, 3.8) is 0 Å². The normalized spacial score (nSPS) is 10.2. The van der Waals surface area contributed by atoms with Crippen molar-refractivity contribution in [2.24, 2.45) is 5.84 Å². The number of nitrogens with one attached hydrogen (secondary N) is 1. The highest BCUT2D eigenvalue weighted by Gasteiger charge is 2.07. The lowest BCUT2D eigenvalue weighted by molar-refractivity contribution is 0.621. The Kier molecular flexibility index (Phi) is 2.74. The van der Waals surface area contributed by atoms with Crippen LogP contribution < -0.4 is 11.3 Å². The van der Waals surface area contributed by atoms with E-state index in [4.69, 9.17) is 5.84 Å². The number of pyridine rings is 1. The van der Waals surface area contributed by atoms with E-state index in [1.807, 2.05) is 6.92 Å². The van der Waals surface area contributed by atoms with E-state index in [1.165, 1.54) is 6.07 Å². The van der Waals surface area contributed by atoms with Crippen molar-refractivity contribution in [3.05, 3.63) is 35.8 Å². The lowest BCUT2D eigenvalue weighted by atomic mass is 10.1. The summed E-state index contributed by atoms with van der Waals surface area (Å²) in [5.74, 6) is 5.30. The molecule has 0 atom stereocenters. The maximum Gasteiger partial charge on any atom is 0.162 e. The van der Waals surface area contributed by atoms with Crippen LogP contribution in [0.3, 0.4) is 0 Å². The van der Waals surface area contributed by atoms with Gasteiger partial charge >= 0.3 is 0 Å². The third-order valence-corrected chi connectivity index (χ3v) is 2.10. The molecule has 82 valence electrons. The summed E-state index contributed by atoms with van der Waals surface area (Å²) in [5, 5.41) is 7.81. The van der Waals surface area contributed by atoms with E-state index in [-0.39, 0.29) is 5.82 Å². The summed E-state index contributed by atoms with van der Waals surface area (Å²) in [6, 6.07) is 4.63. The largest absolute Gasteiger partial charge is 0.307 e. The number of aryl methyl sites for hydroxylation is 1. The fraction of sp³-hybridized carbons (Fsp3) is 0.100. The van der Waals surface area contributed by atoms with Crippen molar-refractivity contribution in [1.29, 1.82) is 0 Å². The first-order chi connectivity index (χ1) is 7.70. The Morgan fingerprint density at radius 3 is 2.69 bits per heavy atom. The first-order valence-electron chi connectivity index (χ1n) is 4.63. The second kappa shape index (κ2) is 4.19. The number of halogens is 1. The molecule has 2 heterocycles. The molecule has 0 spiro atoms. The Bertz CT molecular complexity index is 497. The Hall–Kier alpha value is -2.08. The van der Waals surface area contributed by atoms with Crippen LogP contribution in [-0.4, -0.2) is 15.2 Å². The van der Waals surface area contributed by atoms with Crippen molar-refractivity contribution in [3.8, 4) is 11.4 Å². The van der Waals surface area contributed by atoms with Crippen molar-refractivity contribution in [1.82, 2.24) is 15.2 Å². The predicted octanol–water partition coefficient (Wildman–Crippen LogP) is 1.27. The van der Waals surface area contributed by atoms with Gasteiger partial charge < -0.3 is 5.43 Å². The lowest BCUT2D eigenvalue weighted by Crippen LogP contribution is -2.10. The van der Waals surface area contributed by atoms with Crippen molar-refractivity contribution >= 4 is 5.82 Å². The van der Waals surface area contributed by atoms with E-state index in [2.05, 4.69) is 20.6 Å². The lowest BCUT2D eigenvalue weighted by Gasteiger charge is -2.04. The van der Waals surface area contributed by atoms with E-state index < -0.39 is 0 Å². The molecule has 0 aromatic carbocycles. The van der Waals surface area contributed by atoms with Gasteiger partial charge in [0.1, 0.15) is 11.5 Å². The molecule has 0 aliphatic carbocycles. The number of hydrazine groups is 1. The molecule has 6 heteroatoms. The molecule has 2 aromatic heterocycles. The molecule has 0 saturated carbocycles. The molecule has 2 aromatic rings. The number of anilines is 1. The van der Waals surface area contributed by atoms with Gasteiger partial charge in [-0.2, -0.15) is 0 Å². The van der Waals surface area contributed by atoms with E-state index in [1.54, 1.807) is 12.1 Å². The number of rotatable bonds is 2. The minimum Gasteiger partial charge on any atom is -0.307 e. The molecular formula is C10H10FN5. The molecule has 3 N–H and O–H groups in total. The standard InChI is InChI=1S/C10H10FN5/c1-6-4-9(14-12)15-16-10(6)8-3-2-7(11)5-13-8/h2-5H,12H2,1H3,(H,14,15). The molecule has 0 saturated heterocycles. The summed E-state index contributed by atoms with van der Waals surface area (Å²) in [6.07, 6.45) is 1.14. The zero-order chi connectivity index (χ0) is 11.5. The molecule has 16 heavy (non-hydrogen) atoms. The molecule has 0 fully saturated rings. The number of hydrogen-bond acceptors (Lipinski definition) is 5. The van der Waals surface area contributed by atoms with Crippen LogP contribution in [0.2, 0.25) is 0 Å². The van der Waals surface area contributed by atoms with Crippen LogP contribution in [0, 0.1) is 12.7 Å². The molecule has 0 amide bonds. The smallest absolute Gasteiger partial charge is 0.162 e. The van der Waals surface area contributed by atoms with E-state index in [9.17, 15) is 4.39 Å². The number of nitrogen functional groups attached to an aromatic ring is 1. The first kappa shape index (κ1) is 10.4. The zero-order valence-corrected chi connectivity index (χ0v) is 8.61. The zero-order valence-electron chi connectivity index (χ0n) is 8.61. The van der Waals surface area contributed by atoms with Crippen LogP contribution in [0.5, 0.6) is 0 Å². The molecule has 5 nitrogen and oxygen atoms in total. The molecule has 2 rings (SSSR count). The molecule has 0 bridgehead atoms. The van der Waals surface area contributed by atoms with Gasteiger partial charge in [0.15, 0.2) is 5.82 Å². The Morgan fingerprint density at radius 2 is 2.12 bits per heavy atom. The fourth-order valence-electron chi connectivity index (χ4n) is 1.32. The number of nitrogens with two attached hydrogens (primary N) is 1. The Labute approximate surface area is 91.5 Å². The van der Waals surface area contributed by atoms with Crippen LogP contribution in [0.1, 0.15) is 5.56 Å². The quantitative estimate of drug-likeness (QED) is 0.587. The van der Waals surface area contributed by atoms with Crippen LogP contribution in [-0.2, 0) is 0 Å². The fourth-order valence-corrected chi connectivity index (χ4v) is 1.32. The summed E-state index contributed by atoms with van der Waals surface area (Å²) < 4.78 is 12.7. The van der Waals surface area contributed by atoms with Crippen molar-refractivity contribution in [2.45, 2.75) is 6.92 Å². The van der Waals surface area contributed by atoms with Gasteiger partial charge in [0.25, 0.3) is 0 Å². The van der Waals surface area contributed by atoms with Crippen molar-refractivity contribution < 1.29 is 4.39 Å². The van der Waals surface area contributed by atoms with E-state index in [0.717, 1.165) is 11.8 Å². The van der Waals surface area contributed by atoms with Gasteiger partial charge in [0, 0.05) is 0 Å². The number of hydrogen-bond donors (Lipinski definition) is 2. The van der Waals surface area contributed by atoms with Gasteiger partial charge in [-0.05, 0) is 30.7 Å². The van der Waals surface area contributed by atoms with Gasteiger partial charge in [0.2, 0.25) is 0 Å². The minimum absolute atomic E-state index is 0.380. The minimum atomic E-state index is -0.380. The molecule has 0 aliphatic heterocycles. The summed E-state index contributed by atoms with van der Waals surface area (Å²) in [6.45, 7) is 1.86. The number of aromatic nitrogens is 3. The molecule has 0 unspecified atom stereocenters. The van der Waals surface area contributed by atoms with Gasteiger partial charge in [-0.1, -0.05) is 0 Å². The van der Waals surface area contributed by atoms with Crippen LogP contribution in [0.4, 0.5) is 10.2 Å². The highest BCUT2D eigenvalue weighted by atomic mass is 19.1. The summed E-state index contributed by atoms with van der Waals surface area (Å²) in [4.78, 5) is 3.94. The Balaban J connectivity index is 2.44. The third-order valence-electron chi connectivity index (χ3n) is 2.10.